The van der Waals surface area contributed by atoms with E-state index in [-0.39, 0.29) is 0 Å². The highest BCUT2D eigenvalue weighted by molar-refractivity contribution is 5.86. The maximum absolute atomic E-state index is 5.01. The van der Waals surface area contributed by atoms with Crippen LogP contribution >= 0.6 is 0 Å². The summed E-state index contributed by atoms with van der Waals surface area (Å²) in [6, 6.07) is 0.508. The predicted molar refractivity (Wildman–Crippen MR) is 73.1 cm³/mol. The number of hydrogen-bond acceptors (Lipinski definition) is 1. The van der Waals surface area contributed by atoms with Crippen molar-refractivity contribution in [2.24, 2.45) is 21.7 Å². The van der Waals surface area contributed by atoms with Crippen LogP contribution in [0.25, 0.3) is 0 Å². The summed E-state index contributed by atoms with van der Waals surface area (Å²) in [6.45, 7) is 16.3. The van der Waals surface area contributed by atoms with Gasteiger partial charge in [-0.1, -0.05) is 54.9 Å². The molecule has 1 heteroatoms. The molecule has 0 N–H and O–H groups in total. The summed E-state index contributed by atoms with van der Waals surface area (Å²) >= 11 is 0. The van der Waals surface area contributed by atoms with Crippen molar-refractivity contribution in [1.82, 2.24) is 0 Å². The molecule has 94 valence electrons. The van der Waals surface area contributed by atoms with E-state index in [0.29, 0.717) is 22.8 Å². The molecular weight excluding hydrogens is 194 g/mol. The Hall–Kier alpha value is -0.330. The molecule has 0 spiro atoms. The van der Waals surface area contributed by atoms with Gasteiger partial charge in [0.25, 0.3) is 0 Å². The molecule has 0 aromatic heterocycles. The Kier molecular flexibility index (Phi) is 3.87. The maximum atomic E-state index is 5.01. The van der Waals surface area contributed by atoms with Crippen molar-refractivity contribution in [3.63, 3.8) is 0 Å². The van der Waals surface area contributed by atoms with Crippen LogP contribution in [0.3, 0.4) is 0 Å². The van der Waals surface area contributed by atoms with Gasteiger partial charge in [-0.2, -0.15) is 0 Å². The molecule has 1 heterocycles. The first kappa shape index (κ1) is 13.7. The molecule has 0 radical (unpaired) electrons. The van der Waals surface area contributed by atoms with E-state index in [1.807, 2.05) is 0 Å². The predicted octanol–water partition coefficient (Wildman–Crippen LogP) is 4.71. The molecule has 0 fully saturated rings. The topological polar surface area (TPSA) is 12.4 Å². The molecule has 0 amide bonds. The Morgan fingerprint density at radius 1 is 1.06 bits per heavy atom. The lowest BCUT2D eigenvalue weighted by atomic mass is 9.68. The van der Waals surface area contributed by atoms with Crippen LogP contribution in [0.5, 0.6) is 0 Å². The summed E-state index contributed by atoms with van der Waals surface area (Å²) in [6.07, 6.45) is 3.64. The second-order valence-electron chi connectivity index (χ2n) is 7.43. The van der Waals surface area contributed by atoms with Crippen LogP contribution in [0, 0.1) is 16.7 Å². The first-order valence-electron chi connectivity index (χ1n) is 6.71. The number of rotatable bonds is 2. The lowest BCUT2D eigenvalue weighted by molar-refractivity contribution is 0.149. The van der Waals surface area contributed by atoms with Gasteiger partial charge in [0.2, 0.25) is 0 Å². The van der Waals surface area contributed by atoms with E-state index in [2.05, 4.69) is 48.5 Å². The normalized spacial score (nSPS) is 27.1. The third-order valence-corrected chi connectivity index (χ3v) is 3.70. The van der Waals surface area contributed by atoms with Crippen molar-refractivity contribution in [1.29, 1.82) is 0 Å². The van der Waals surface area contributed by atoms with Crippen LogP contribution in [-0.2, 0) is 0 Å². The monoisotopic (exact) mass is 223 g/mol. The van der Waals surface area contributed by atoms with Crippen molar-refractivity contribution in [3.8, 4) is 0 Å². The third kappa shape index (κ3) is 3.09. The van der Waals surface area contributed by atoms with Crippen molar-refractivity contribution in [2.75, 3.05) is 0 Å². The van der Waals surface area contributed by atoms with Crippen molar-refractivity contribution in [3.05, 3.63) is 0 Å². The molecule has 0 aliphatic carbocycles. The largest absolute Gasteiger partial charge is 0.290 e. The fourth-order valence-corrected chi connectivity index (χ4v) is 2.74. The second kappa shape index (κ2) is 4.50. The van der Waals surface area contributed by atoms with E-state index in [4.69, 9.17) is 4.99 Å². The number of hydrogen-bond donors (Lipinski definition) is 0. The summed E-state index contributed by atoms with van der Waals surface area (Å²) in [5, 5.41) is 0. The zero-order valence-corrected chi connectivity index (χ0v) is 12.2. The van der Waals surface area contributed by atoms with Gasteiger partial charge < -0.3 is 0 Å². The van der Waals surface area contributed by atoms with Crippen LogP contribution in [0.4, 0.5) is 0 Å². The van der Waals surface area contributed by atoms with Crippen LogP contribution in [0.1, 0.15) is 67.7 Å². The fraction of sp³-hybridized carbons (Fsp3) is 0.933. The Morgan fingerprint density at radius 2 is 1.62 bits per heavy atom. The van der Waals surface area contributed by atoms with Gasteiger partial charge in [0.05, 0.1) is 6.04 Å². The standard InChI is InChI=1S/C15H29N/c1-8-9-11-10-12(14(2,3)4)13(16-11)15(5,6)7/h12-13H,8-10H2,1-7H3. The van der Waals surface area contributed by atoms with E-state index in [0.717, 1.165) is 0 Å². The Bertz CT molecular complexity index is 262. The van der Waals surface area contributed by atoms with Crippen molar-refractivity contribution in [2.45, 2.75) is 73.8 Å². The Morgan fingerprint density at radius 3 is 1.94 bits per heavy atom. The van der Waals surface area contributed by atoms with Gasteiger partial charge in [0.15, 0.2) is 0 Å². The molecule has 2 unspecified atom stereocenters. The van der Waals surface area contributed by atoms with Gasteiger partial charge >= 0.3 is 0 Å². The molecule has 0 aromatic rings. The SMILES string of the molecule is CCCC1=NC(C(C)(C)C)C(C(C)(C)C)C1. The van der Waals surface area contributed by atoms with Crippen molar-refractivity contribution < 1.29 is 0 Å². The first-order chi connectivity index (χ1) is 7.16. The lowest BCUT2D eigenvalue weighted by Gasteiger charge is -2.37. The van der Waals surface area contributed by atoms with Gasteiger partial charge in [0, 0.05) is 5.71 Å². The molecule has 0 saturated carbocycles. The first-order valence-corrected chi connectivity index (χ1v) is 6.71. The molecule has 1 nitrogen and oxygen atoms in total. The molecule has 16 heavy (non-hydrogen) atoms. The minimum atomic E-state index is 0.299. The highest BCUT2D eigenvalue weighted by Gasteiger charge is 2.42. The summed E-state index contributed by atoms with van der Waals surface area (Å²) in [4.78, 5) is 5.01. The van der Waals surface area contributed by atoms with Gasteiger partial charge in [-0.25, -0.2) is 0 Å². The second-order valence-corrected chi connectivity index (χ2v) is 7.43. The van der Waals surface area contributed by atoms with E-state index < -0.39 is 0 Å². The molecule has 1 aliphatic heterocycles. The maximum Gasteiger partial charge on any atom is 0.0584 e. The molecule has 0 bridgehead atoms. The number of aliphatic imine (C=N–C) groups is 1. The van der Waals surface area contributed by atoms with E-state index in [1.54, 1.807) is 0 Å². The van der Waals surface area contributed by atoms with E-state index >= 15 is 0 Å². The Balaban J connectivity index is 2.90. The quantitative estimate of drug-likeness (QED) is 0.643. The molecule has 1 rings (SSSR count). The molecule has 2 atom stereocenters. The minimum absolute atomic E-state index is 0.299. The summed E-state index contributed by atoms with van der Waals surface area (Å²) < 4.78 is 0. The van der Waals surface area contributed by atoms with Crippen LogP contribution in [0.2, 0.25) is 0 Å². The van der Waals surface area contributed by atoms with Crippen LogP contribution in [-0.4, -0.2) is 11.8 Å². The smallest absolute Gasteiger partial charge is 0.0584 e. The van der Waals surface area contributed by atoms with Gasteiger partial charge in [-0.3, -0.25) is 4.99 Å². The average Bonchev–Trinajstić information content (AvgIpc) is 2.47. The molecule has 0 saturated heterocycles. The molecule has 1 aliphatic rings. The number of nitrogens with zero attached hydrogens (tertiary/aromatic N) is 1. The van der Waals surface area contributed by atoms with Gasteiger partial charge in [-0.05, 0) is 29.6 Å². The lowest BCUT2D eigenvalue weighted by Crippen LogP contribution is -2.36. The molecule has 0 aromatic carbocycles. The summed E-state index contributed by atoms with van der Waals surface area (Å²) in [5.41, 5.74) is 2.13. The van der Waals surface area contributed by atoms with E-state index in [1.165, 1.54) is 25.0 Å². The summed E-state index contributed by atoms with van der Waals surface area (Å²) in [5.74, 6) is 0.717. The van der Waals surface area contributed by atoms with E-state index in [9.17, 15) is 0 Å². The highest BCUT2D eigenvalue weighted by Crippen LogP contribution is 2.44. The molecular formula is C15H29N. The minimum Gasteiger partial charge on any atom is -0.290 e. The zero-order chi connectivity index (χ0) is 12.6. The average molecular weight is 223 g/mol. The Labute approximate surface area is 102 Å². The van der Waals surface area contributed by atoms with Crippen LogP contribution in [0.15, 0.2) is 4.99 Å². The zero-order valence-electron chi connectivity index (χ0n) is 12.2. The van der Waals surface area contributed by atoms with Gasteiger partial charge in [0.1, 0.15) is 0 Å². The third-order valence-electron chi connectivity index (χ3n) is 3.70. The fourth-order valence-electron chi connectivity index (χ4n) is 2.74. The van der Waals surface area contributed by atoms with Gasteiger partial charge in [-0.15, -0.1) is 0 Å². The van der Waals surface area contributed by atoms with Crippen LogP contribution < -0.4 is 0 Å². The summed E-state index contributed by atoms with van der Waals surface area (Å²) in [7, 11) is 0. The highest BCUT2D eigenvalue weighted by atomic mass is 14.9. The van der Waals surface area contributed by atoms with Crippen molar-refractivity contribution >= 4 is 5.71 Å².